The lowest BCUT2D eigenvalue weighted by Crippen LogP contribution is -2.33. The van der Waals surface area contributed by atoms with Gasteiger partial charge in [0.25, 0.3) is 0 Å². The number of hydrogen-bond acceptors (Lipinski definition) is 4. The maximum Gasteiger partial charge on any atom is 0.332 e. The second-order valence-corrected chi connectivity index (χ2v) is 9.77. The molecule has 0 aliphatic carbocycles. The Kier molecular flexibility index (Phi) is 5.85. The van der Waals surface area contributed by atoms with E-state index in [9.17, 15) is 18.7 Å². The zero-order chi connectivity index (χ0) is 24.9. The predicted molar refractivity (Wildman–Crippen MR) is 127 cm³/mol. The van der Waals surface area contributed by atoms with Crippen molar-refractivity contribution in [2.24, 2.45) is 0 Å². The first-order valence-corrected chi connectivity index (χ1v) is 11.5. The first-order chi connectivity index (χ1) is 16.7. The Morgan fingerprint density at radius 3 is 2.71 bits per heavy atom. The van der Waals surface area contributed by atoms with Gasteiger partial charge in [-0.3, -0.25) is 5.10 Å². The minimum absolute atomic E-state index is 0.0915. The summed E-state index contributed by atoms with van der Waals surface area (Å²) in [5.74, 6) is -2.91. The van der Waals surface area contributed by atoms with Gasteiger partial charge < -0.3 is 19.1 Å². The van der Waals surface area contributed by atoms with Crippen LogP contribution in [0, 0.1) is 11.6 Å². The molecule has 1 unspecified atom stereocenters. The molecule has 2 atom stereocenters. The number of H-pyrrole nitrogens is 1. The highest BCUT2D eigenvalue weighted by atomic mass is 19.2. The average molecular weight is 484 g/mol. The van der Waals surface area contributed by atoms with Gasteiger partial charge in [0.15, 0.2) is 17.7 Å². The van der Waals surface area contributed by atoms with E-state index in [0.717, 1.165) is 39.1 Å². The molecule has 2 N–H and O–H groups in total. The summed E-state index contributed by atoms with van der Waals surface area (Å²) in [4.78, 5) is 11.5. The van der Waals surface area contributed by atoms with Crippen molar-refractivity contribution in [3.05, 3.63) is 59.4 Å². The first-order valence-electron chi connectivity index (χ1n) is 11.5. The summed E-state index contributed by atoms with van der Waals surface area (Å²) in [7, 11) is 1.63. The van der Waals surface area contributed by atoms with Crippen LogP contribution in [0.3, 0.4) is 0 Å². The molecule has 0 saturated carbocycles. The van der Waals surface area contributed by atoms with Crippen molar-refractivity contribution in [3.63, 3.8) is 0 Å². The highest BCUT2D eigenvalue weighted by Gasteiger charge is 2.37. The van der Waals surface area contributed by atoms with Crippen molar-refractivity contribution in [2.45, 2.75) is 44.1 Å². The normalized spacial score (nSPS) is 19.0. The monoisotopic (exact) mass is 483 g/mol. The third-order valence-corrected chi connectivity index (χ3v) is 6.83. The zero-order valence-corrected chi connectivity index (χ0v) is 19.8. The summed E-state index contributed by atoms with van der Waals surface area (Å²) in [6.07, 6.45) is 1.89. The first kappa shape index (κ1) is 23.4. The topological polar surface area (TPSA) is 89.4 Å². The smallest absolute Gasteiger partial charge is 0.332 e. The Labute approximate surface area is 200 Å². The van der Waals surface area contributed by atoms with E-state index < -0.39 is 29.1 Å². The summed E-state index contributed by atoms with van der Waals surface area (Å²) >= 11 is 0. The van der Waals surface area contributed by atoms with Crippen LogP contribution in [-0.4, -0.2) is 52.3 Å². The fourth-order valence-corrected chi connectivity index (χ4v) is 5.32. The number of benzene rings is 2. The average Bonchev–Trinajstić information content (AvgIpc) is 3.41. The Morgan fingerprint density at radius 1 is 1.26 bits per heavy atom. The molecule has 2 aromatic heterocycles. The van der Waals surface area contributed by atoms with Gasteiger partial charge in [-0.25, -0.2) is 13.6 Å². The lowest BCUT2D eigenvalue weighted by Gasteiger charge is -2.32. The van der Waals surface area contributed by atoms with Crippen molar-refractivity contribution < 1.29 is 28.2 Å². The Morgan fingerprint density at radius 2 is 2.06 bits per heavy atom. The summed E-state index contributed by atoms with van der Waals surface area (Å²) in [6, 6.07) is 7.88. The molecule has 5 rings (SSSR count). The van der Waals surface area contributed by atoms with Crippen LogP contribution >= 0.6 is 0 Å². The van der Waals surface area contributed by atoms with Crippen LogP contribution < -0.4 is 0 Å². The largest absolute Gasteiger partial charge is 0.479 e. The van der Waals surface area contributed by atoms with Crippen LogP contribution in [0.5, 0.6) is 0 Å². The number of methoxy groups -OCH3 is 1. The van der Waals surface area contributed by atoms with Crippen LogP contribution in [0.15, 0.2) is 36.5 Å². The Hall–Kier alpha value is -3.30. The summed E-state index contributed by atoms with van der Waals surface area (Å²) in [5, 5.41) is 18.4. The number of aromatic amines is 1. The van der Waals surface area contributed by atoms with E-state index >= 15 is 0 Å². The molecule has 3 heterocycles. The lowest BCUT2D eigenvalue weighted by atomic mass is 9.80. The molecular formula is C26H27F2N3O4. The molecule has 2 aromatic carbocycles. The maximum atomic E-state index is 14.4. The van der Waals surface area contributed by atoms with Gasteiger partial charge in [0.2, 0.25) is 0 Å². The van der Waals surface area contributed by atoms with Crippen molar-refractivity contribution >= 4 is 27.8 Å². The van der Waals surface area contributed by atoms with Crippen molar-refractivity contribution in [3.8, 4) is 5.69 Å². The predicted octanol–water partition coefficient (Wildman–Crippen LogP) is 5.06. The van der Waals surface area contributed by atoms with E-state index in [1.165, 1.54) is 6.07 Å². The van der Waals surface area contributed by atoms with Crippen LogP contribution in [0.1, 0.15) is 43.9 Å². The molecule has 7 nitrogen and oxygen atoms in total. The molecule has 0 spiro atoms. The molecule has 184 valence electrons. The van der Waals surface area contributed by atoms with Gasteiger partial charge in [-0.05, 0) is 42.7 Å². The SMILES string of the molecule is COCC(C)(C)c1c([C@H]2CCC(C(=O)O)OC2)c2cc3[nH]ncc3cc2n1-c1ccc(F)c(F)c1. The number of carbonyl (C=O) groups is 1. The third-order valence-electron chi connectivity index (χ3n) is 6.83. The molecular weight excluding hydrogens is 456 g/mol. The molecule has 0 bridgehead atoms. The van der Waals surface area contributed by atoms with Crippen molar-refractivity contribution in [2.75, 3.05) is 20.3 Å². The number of rotatable bonds is 6. The van der Waals surface area contributed by atoms with E-state index in [4.69, 9.17) is 9.47 Å². The minimum atomic E-state index is -0.966. The number of halogens is 2. The third kappa shape index (κ3) is 3.98. The number of carboxylic acid groups (broad SMARTS) is 1. The van der Waals surface area contributed by atoms with Gasteiger partial charge in [-0.2, -0.15) is 5.10 Å². The second kappa shape index (κ2) is 8.73. The summed E-state index contributed by atoms with van der Waals surface area (Å²) in [5.41, 5.74) is 3.51. The van der Waals surface area contributed by atoms with Crippen LogP contribution in [-0.2, 0) is 19.7 Å². The Balaban J connectivity index is 1.83. The fraction of sp³-hybridized carbons (Fsp3) is 0.385. The molecule has 1 aliphatic heterocycles. The number of hydrogen-bond donors (Lipinski definition) is 2. The van der Waals surface area contributed by atoms with E-state index in [-0.39, 0.29) is 12.5 Å². The van der Waals surface area contributed by atoms with E-state index in [0.29, 0.717) is 25.1 Å². The minimum Gasteiger partial charge on any atom is -0.479 e. The van der Waals surface area contributed by atoms with Crippen molar-refractivity contribution in [1.29, 1.82) is 0 Å². The number of carboxylic acids is 1. The van der Waals surface area contributed by atoms with E-state index in [2.05, 4.69) is 10.2 Å². The number of nitrogens with zero attached hydrogens (tertiary/aromatic N) is 2. The molecule has 1 fully saturated rings. The van der Waals surface area contributed by atoms with Gasteiger partial charge >= 0.3 is 5.97 Å². The number of aromatic nitrogens is 3. The summed E-state index contributed by atoms with van der Waals surface area (Å²) < 4.78 is 41.6. The molecule has 35 heavy (non-hydrogen) atoms. The van der Waals surface area contributed by atoms with E-state index in [1.807, 2.05) is 30.5 Å². The van der Waals surface area contributed by atoms with Gasteiger partial charge in [0.05, 0.1) is 30.4 Å². The number of fused-ring (bicyclic) bond motifs is 2. The van der Waals surface area contributed by atoms with E-state index in [1.54, 1.807) is 19.4 Å². The van der Waals surface area contributed by atoms with Gasteiger partial charge in [0.1, 0.15) is 0 Å². The number of ether oxygens (including phenoxy) is 2. The van der Waals surface area contributed by atoms with Gasteiger partial charge in [-0.1, -0.05) is 13.8 Å². The van der Waals surface area contributed by atoms with Crippen LogP contribution in [0.25, 0.3) is 27.5 Å². The molecule has 0 radical (unpaired) electrons. The molecule has 0 amide bonds. The number of nitrogens with one attached hydrogen (secondary N) is 1. The molecule has 1 aliphatic rings. The summed E-state index contributed by atoms with van der Waals surface area (Å²) in [6.45, 7) is 4.71. The lowest BCUT2D eigenvalue weighted by molar-refractivity contribution is -0.153. The highest BCUT2D eigenvalue weighted by Crippen LogP contribution is 2.44. The quantitative estimate of drug-likeness (QED) is 0.400. The molecule has 9 heteroatoms. The van der Waals surface area contributed by atoms with Crippen LogP contribution in [0.2, 0.25) is 0 Å². The molecule has 4 aromatic rings. The number of aliphatic carboxylic acids is 1. The molecule has 1 saturated heterocycles. The standard InChI is InChI=1S/C26H27F2N3O4/c1-26(2,13-34-3)24-23(14-4-7-22(25(32)33)35-12-14)17-10-20-15(11-29-30-20)8-21(17)31(24)16-5-6-18(27)19(28)9-16/h5-6,8-11,14,22H,4,7,12-13H2,1-3H3,(H,29,30)(H,32,33)/t14-,22?/m0/s1. The highest BCUT2D eigenvalue weighted by molar-refractivity contribution is 5.99. The van der Waals surface area contributed by atoms with Gasteiger partial charge in [0, 0.05) is 46.7 Å². The maximum absolute atomic E-state index is 14.4. The zero-order valence-electron chi connectivity index (χ0n) is 19.8. The second-order valence-electron chi connectivity index (χ2n) is 9.77. The van der Waals surface area contributed by atoms with Crippen molar-refractivity contribution in [1.82, 2.24) is 14.8 Å². The van der Waals surface area contributed by atoms with Crippen LogP contribution in [0.4, 0.5) is 8.78 Å². The fourth-order valence-electron chi connectivity index (χ4n) is 5.32. The Bertz CT molecular complexity index is 1420. The van der Waals surface area contributed by atoms with Gasteiger partial charge in [-0.15, -0.1) is 0 Å².